The molecule has 1 heterocycles. The summed E-state index contributed by atoms with van der Waals surface area (Å²) in [5, 5.41) is 2.55. The number of benzene rings is 2. The van der Waals surface area contributed by atoms with Crippen molar-refractivity contribution in [2.45, 2.75) is 20.3 Å². The Morgan fingerprint density at radius 3 is 2.56 bits per heavy atom. The summed E-state index contributed by atoms with van der Waals surface area (Å²) in [5.41, 5.74) is 1.77. The van der Waals surface area contributed by atoms with E-state index < -0.39 is 23.8 Å². The molecule has 9 nitrogen and oxygen atoms in total. The van der Waals surface area contributed by atoms with E-state index in [2.05, 4.69) is 16.6 Å². The van der Waals surface area contributed by atoms with E-state index in [0.29, 0.717) is 34.1 Å². The second kappa shape index (κ2) is 11.5. The van der Waals surface area contributed by atoms with Crippen LogP contribution in [0.25, 0.3) is 6.08 Å². The summed E-state index contributed by atoms with van der Waals surface area (Å²) >= 11 is 6.17. The summed E-state index contributed by atoms with van der Waals surface area (Å²) in [6.07, 6.45) is 3.33. The molecule has 1 aliphatic heterocycles. The van der Waals surface area contributed by atoms with E-state index in [9.17, 15) is 19.2 Å². The third-order valence-corrected chi connectivity index (χ3v) is 5.61. The van der Waals surface area contributed by atoms with E-state index in [0.717, 1.165) is 10.5 Å². The van der Waals surface area contributed by atoms with Crippen LogP contribution in [0.1, 0.15) is 23.6 Å². The normalized spacial score (nSPS) is 14.5. The highest BCUT2D eigenvalue weighted by atomic mass is 35.5. The van der Waals surface area contributed by atoms with Crippen LogP contribution in [0.4, 0.5) is 10.5 Å². The average molecular weight is 513 g/mol. The fourth-order valence-corrected chi connectivity index (χ4v) is 3.64. The smallest absolute Gasteiger partial charge is 0.343 e. The van der Waals surface area contributed by atoms with E-state index in [-0.39, 0.29) is 24.5 Å². The van der Waals surface area contributed by atoms with Gasteiger partial charge in [-0.3, -0.25) is 14.9 Å². The lowest BCUT2D eigenvalue weighted by Crippen LogP contribution is -2.54. The molecular formula is C26H25ClN2O7. The van der Waals surface area contributed by atoms with Gasteiger partial charge in [-0.05, 0) is 61.7 Å². The standard InChI is InChI=1S/C26H25ClN2O7/c1-5-7-17-10-16(12-21(35-6-2)23(17)36-14-22(30)34-4)11-19-24(31)28-26(33)29(25(19)32)18-9-8-15(3)20(27)13-18/h5,8-13H,1,6-7,14H2,2-4H3,(H,28,31,33)/b19-11-. The average Bonchev–Trinajstić information content (AvgIpc) is 2.83. The minimum atomic E-state index is -0.879. The number of amides is 4. The number of carbonyl (C=O) groups excluding carboxylic acids is 4. The number of ether oxygens (including phenoxy) is 3. The Morgan fingerprint density at radius 1 is 1.17 bits per heavy atom. The van der Waals surface area contributed by atoms with Gasteiger partial charge in [0, 0.05) is 10.6 Å². The Balaban J connectivity index is 2.06. The van der Waals surface area contributed by atoms with Crippen LogP contribution in [0.15, 0.2) is 48.6 Å². The Morgan fingerprint density at radius 2 is 1.92 bits per heavy atom. The van der Waals surface area contributed by atoms with Crippen LogP contribution in [0, 0.1) is 6.92 Å². The molecule has 0 saturated carbocycles. The van der Waals surface area contributed by atoms with Gasteiger partial charge in [0.1, 0.15) is 5.57 Å². The van der Waals surface area contributed by atoms with Crippen LogP contribution in [-0.4, -0.2) is 44.1 Å². The van der Waals surface area contributed by atoms with Crippen LogP contribution >= 0.6 is 11.6 Å². The molecule has 2 aromatic carbocycles. The van der Waals surface area contributed by atoms with Crippen molar-refractivity contribution in [3.8, 4) is 11.5 Å². The van der Waals surface area contributed by atoms with Crippen molar-refractivity contribution >= 4 is 47.2 Å². The molecule has 0 aliphatic carbocycles. The lowest BCUT2D eigenvalue weighted by Gasteiger charge is -2.26. The van der Waals surface area contributed by atoms with Gasteiger partial charge in [-0.25, -0.2) is 14.5 Å². The third-order valence-electron chi connectivity index (χ3n) is 5.21. The number of hydrogen-bond acceptors (Lipinski definition) is 7. The summed E-state index contributed by atoms with van der Waals surface area (Å²) in [5.74, 6) is -1.60. The molecule has 2 aromatic rings. The predicted molar refractivity (Wildman–Crippen MR) is 134 cm³/mol. The van der Waals surface area contributed by atoms with Gasteiger partial charge in [-0.1, -0.05) is 23.7 Å². The Labute approximate surface area is 213 Å². The molecule has 1 aliphatic rings. The van der Waals surface area contributed by atoms with Crippen LogP contribution in [0.3, 0.4) is 0 Å². The first-order valence-corrected chi connectivity index (χ1v) is 11.4. The molecule has 0 spiro atoms. The number of nitrogens with zero attached hydrogens (tertiary/aromatic N) is 1. The van der Waals surface area contributed by atoms with Crippen LogP contribution < -0.4 is 19.7 Å². The molecule has 1 fully saturated rings. The van der Waals surface area contributed by atoms with E-state index >= 15 is 0 Å². The Hall–Kier alpha value is -4.11. The van der Waals surface area contributed by atoms with Gasteiger partial charge in [-0.15, -0.1) is 6.58 Å². The minimum absolute atomic E-state index is 0.223. The number of barbiturate groups is 1. The lowest BCUT2D eigenvalue weighted by molar-refractivity contribution is -0.143. The maximum Gasteiger partial charge on any atom is 0.343 e. The van der Waals surface area contributed by atoms with Crippen molar-refractivity contribution in [2.24, 2.45) is 0 Å². The molecule has 1 saturated heterocycles. The molecule has 0 unspecified atom stereocenters. The highest BCUT2D eigenvalue weighted by molar-refractivity contribution is 6.39. The second-order valence-electron chi connectivity index (χ2n) is 7.69. The first-order chi connectivity index (χ1) is 17.2. The fraction of sp³-hybridized carbons (Fsp3) is 0.231. The fourth-order valence-electron chi connectivity index (χ4n) is 3.47. The number of esters is 1. The number of methoxy groups -OCH3 is 1. The molecule has 0 bridgehead atoms. The molecule has 188 valence electrons. The first kappa shape index (κ1) is 26.5. The number of aryl methyl sites for hydroxylation is 1. The van der Waals surface area contributed by atoms with Crippen LogP contribution in [-0.2, 0) is 25.5 Å². The monoisotopic (exact) mass is 512 g/mol. The second-order valence-corrected chi connectivity index (χ2v) is 8.10. The third kappa shape index (κ3) is 5.75. The topological polar surface area (TPSA) is 111 Å². The summed E-state index contributed by atoms with van der Waals surface area (Å²) in [6, 6.07) is 7.07. The molecule has 4 amide bonds. The van der Waals surface area contributed by atoms with E-state index in [1.807, 2.05) is 0 Å². The van der Waals surface area contributed by atoms with E-state index in [1.165, 1.54) is 19.3 Å². The number of carbonyl (C=O) groups is 4. The van der Waals surface area contributed by atoms with Crippen molar-refractivity contribution in [3.63, 3.8) is 0 Å². The van der Waals surface area contributed by atoms with Gasteiger partial charge in [0.2, 0.25) is 0 Å². The number of nitrogens with one attached hydrogen (secondary N) is 1. The first-order valence-electron chi connectivity index (χ1n) is 11.0. The molecule has 1 N–H and O–H groups in total. The molecular weight excluding hydrogens is 488 g/mol. The zero-order valence-corrected chi connectivity index (χ0v) is 20.8. The largest absolute Gasteiger partial charge is 0.490 e. The molecule has 0 aromatic heterocycles. The van der Waals surface area contributed by atoms with Gasteiger partial charge < -0.3 is 14.2 Å². The van der Waals surface area contributed by atoms with Gasteiger partial charge in [-0.2, -0.15) is 0 Å². The van der Waals surface area contributed by atoms with Crippen molar-refractivity contribution in [3.05, 3.63) is 70.3 Å². The summed E-state index contributed by atoms with van der Waals surface area (Å²) in [4.78, 5) is 50.8. The number of rotatable bonds is 9. The highest BCUT2D eigenvalue weighted by Gasteiger charge is 2.37. The number of allylic oxidation sites excluding steroid dienone is 1. The summed E-state index contributed by atoms with van der Waals surface area (Å²) in [6.45, 7) is 7.26. The van der Waals surface area contributed by atoms with Gasteiger partial charge >= 0.3 is 12.0 Å². The summed E-state index contributed by atoms with van der Waals surface area (Å²) in [7, 11) is 1.25. The number of urea groups is 1. The van der Waals surface area contributed by atoms with E-state index in [4.69, 9.17) is 21.1 Å². The number of anilines is 1. The van der Waals surface area contributed by atoms with Crippen LogP contribution in [0.2, 0.25) is 5.02 Å². The van der Waals surface area contributed by atoms with Crippen molar-refractivity contribution in [2.75, 3.05) is 25.2 Å². The van der Waals surface area contributed by atoms with Gasteiger partial charge in [0.15, 0.2) is 18.1 Å². The van der Waals surface area contributed by atoms with Crippen molar-refractivity contribution in [1.29, 1.82) is 0 Å². The molecule has 0 atom stereocenters. The maximum atomic E-state index is 13.3. The van der Waals surface area contributed by atoms with Crippen molar-refractivity contribution in [1.82, 2.24) is 5.32 Å². The van der Waals surface area contributed by atoms with Gasteiger partial charge in [0.05, 0.1) is 19.4 Å². The summed E-state index contributed by atoms with van der Waals surface area (Å²) < 4.78 is 16.0. The molecule has 3 rings (SSSR count). The lowest BCUT2D eigenvalue weighted by atomic mass is 10.0. The molecule has 0 radical (unpaired) electrons. The van der Waals surface area contributed by atoms with Crippen LogP contribution in [0.5, 0.6) is 11.5 Å². The maximum absolute atomic E-state index is 13.3. The van der Waals surface area contributed by atoms with Gasteiger partial charge in [0.25, 0.3) is 11.8 Å². The zero-order chi connectivity index (χ0) is 26.4. The van der Waals surface area contributed by atoms with Crippen molar-refractivity contribution < 1.29 is 33.4 Å². The van der Waals surface area contributed by atoms with E-state index in [1.54, 1.807) is 44.2 Å². The number of halogens is 1. The number of imide groups is 2. The zero-order valence-electron chi connectivity index (χ0n) is 20.1. The molecule has 36 heavy (non-hydrogen) atoms. The predicted octanol–water partition coefficient (Wildman–Crippen LogP) is 3.99. The quantitative estimate of drug-likeness (QED) is 0.234. The number of hydrogen-bond donors (Lipinski definition) is 1. The minimum Gasteiger partial charge on any atom is -0.490 e. The Kier molecular flexibility index (Phi) is 8.50. The Bertz CT molecular complexity index is 1270. The molecule has 10 heteroatoms. The highest BCUT2D eigenvalue weighted by Crippen LogP contribution is 2.35. The SMILES string of the molecule is C=CCc1cc(/C=C2/C(=O)NC(=O)N(c3ccc(C)c(Cl)c3)C2=O)cc(OCC)c1OCC(=O)OC.